The highest BCUT2D eigenvalue weighted by molar-refractivity contribution is 5.79. The van der Waals surface area contributed by atoms with Crippen molar-refractivity contribution >= 4 is 16.9 Å². The number of pyridine rings is 2. The molecule has 0 bridgehead atoms. The first-order chi connectivity index (χ1) is 11.8. The minimum Gasteiger partial charge on any atom is -0.484 e. The smallest absolute Gasteiger partial charge is 0.260 e. The van der Waals surface area contributed by atoms with Gasteiger partial charge in [-0.2, -0.15) is 0 Å². The molecule has 0 saturated carbocycles. The number of carbonyl (C=O) groups excluding carboxylic acids is 1. The number of amides is 1. The highest BCUT2D eigenvalue weighted by Gasteiger charge is 2.22. The maximum Gasteiger partial charge on any atom is 0.260 e. The summed E-state index contributed by atoms with van der Waals surface area (Å²) in [7, 11) is 0. The van der Waals surface area contributed by atoms with E-state index in [9.17, 15) is 4.79 Å². The molecule has 2 aromatic heterocycles. The number of carbonyl (C=O) groups is 1. The summed E-state index contributed by atoms with van der Waals surface area (Å²) in [6, 6.07) is 15.4. The lowest BCUT2D eigenvalue weighted by Crippen LogP contribution is -2.39. The third kappa shape index (κ3) is 2.93. The summed E-state index contributed by atoms with van der Waals surface area (Å²) >= 11 is 0. The molecule has 24 heavy (non-hydrogen) atoms. The maximum atomic E-state index is 12.4. The van der Waals surface area contributed by atoms with Gasteiger partial charge in [-0.15, -0.1) is 0 Å². The van der Waals surface area contributed by atoms with E-state index in [1.165, 1.54) is 0 Å². The molecule has 1 amide bonds. The fourth-order valence-electron chi connectivity index (χ4n) is 2.93. The van der Waals surface area contributed by atoms with Crippen LogP contribution in [0.5, 0.6) is 5.75 Å². The number of ether oxygens (including phenoxy) is 1. The van der Waals surface area contributed by atoms with Crippen LogP contribution in [0.2, 0.25) is 0 Å². The molecule has 1 aliphatic heterocycles. The molecule has 4 rings (SSSR count). The summed E-state index contributed by atoms with van der Waals surface area (Å²) in [4.78, 5) is 23.2. The largest absolute Gasteiger partial charge is 0.484 e. The van der Waals surface area contributed by atoms with Gasteiger partial charge < -0.3 is 9.64 Å². The van der Waals surface area contributed by atoms with Crippen LogP contribution >= 0.6 is 0 Å². The summed E-state index contributed by atoms with van der Waals surface area (Å²) in [5, 5.41) is 1.01. The van der Waals surface area contributed by atoms with Gasteiger partial charge >= 0.3 is 0 Å². The summed E-state index contributed by atoms with van der Waals surface area (Å²) in [5.41, 5.74) is 2.90. The van der Waals surface area contributed by atoms with Crippen molar-refractivity contribution in [3.05, 3.63) is 66.0 Å². The Balaban J connectivity index is 1.47. The Hall–Kier alpha value is -2.95. The Morgan fingerprint density at radius 3 is 2.92 bits per heavy atom. The van der Waals surface area contributed by atoms with Gasteiger partial charge in [0.2, 0.25) is 0 Å². The monoisotopic (exact) mass is 319 g/mol. The van der Waals surface area contributed by atoms with Crippen molar-refractivity contribution < 1.29 is 9.53 Å². The quantitative estimate of drug-likeness (QED) is 0.744. The second-order valence-corrected chi connectivity index (χ2v) is 5.81. The van der Waals surface area contributed by atoms with Gasteiger partial charge in [0.1, 0.15) is 5.75 Å². The average Bonchev–Trinajstić information content (AvgIpc) is 2.64. The zero-order valence-corrected chi connectivity index (χ0v) is 13.2. The minimum absolute atomic E-state index is 0.00390. The summed E-state index contributed by atoms with van der Waals surface area (Å²) in [6.45, 7) is 1.29. The van der Waals surface area contributed by atoms with Crippen LogP contribution in [0.3, 0.4) is 0 Å². The molecular weight excluding hydrogens is 302 g/mol. The lowest BCUT2D eigenvalue weighted by Gasteiger charge is -2.28. The first-order valence-electron chi connectivity index (χ1n) is 7.99. The second-order valence-electron chi connectivity index (χ2n) is 5.81. The molecule has 5 nitrogen and oxygen atoms in total. The molecule has 5 heteroatoms. The molecule has 0 fully saturated rings. The molecule has 0 spiro atoms. The second kappa shape index (κ2) is 6.28. The lowest BCUT2D eigenvalue weighted by molar-refractivity contribution is -0.134. The van der Waals surface area contributed by atoms with Crippen LogP contribution in [0.4, 0.5) is 0 Å². The van der Waals surface area contributed by atoms with E-state index in [4.69, 9.17) is 4.74 Å². The molecule has 0 aliphatic carbocycles. The first kappa shape index (κ1) is 14.6. The molecule has 120 valence electrons. The Labute approximate surface area is 139 Å². The minimum atomic E-state index is -0.00390. The van der Waals surface area contributed by atoms with Crippen molar-refractivity contribution in [3.63, 3.8) is 0 Å². The normalized spacial score (nSPS) is 13.6. The fourth-order valence-corrected chi connectivity index (χ4v) is 2.93. The molecule has 0 unspecified atom stereocenters. The van der Waals surface area contributed by atoms with Crippen LogP contribution in [-0.4, -0.2) is 33.9 Å². The van der Waals surface area contributed by atoms with Crippen LogP contribution in [0.15, 0.2) is 54.7 Å². The van der Waals surface area contributed by atoms with Crippen molar-refractivity contribution in [1.82, 2.24) is 14.9 Å². The number of nitrogens with zero attached hydrogens (tertiary/aromatic N) is 3. The molecular formula is C19H17N3O2. The van der Waals surface area contributed by atoms with E-state index < -0.39 is 0 Å². The van der Waals surface area contributed by atoms with Crippen molar-refractivity contribution in [2.75, 3.05) is 13.2 Å². The average molecular weight is 319 g/mol. The fraction of sp³-hybridized carbons (Fsp3) is 0.211. The number of rotatable bonds is 3. The topological polar surface area (TPSA) is 55.3 Å². The predicted octanol–water partition coefficient (Wildman–Crippen LogP) is 2.59. The Morgan fingerprint density at radius 2 is 2.04 bits per heavy atom. The van der Waals surface area contributed by atoms with Crippen molar-refractivity contribution in [2.24, 2.45) is 0 Å². The molecule has 0 saturated heterocycles. The Kier molecular flexibility index (Phi) is 3.83. The van der Waals surface area contributed by atoms with Gasteiger partial charge in [-0.25, -0.2) is 9.97 Å². The standard InChI is InChI=1S/C19H17N3O2/c23-18(13-24-16-6-2-1-3-7-16)22-10-8-17-15(12-22)11-14-5-4-9-20-19(14)21-17/h1-7,9,11H,8,10,12-13H2. The van der Waals surface area contributed by atoms with Crippen molar-refractivity contribution in [3.8, 4) is 5.75 Å². The van der Waals surface area contributed by atoms with E-state index in [0.29, 0.717) is 18.8 Å². The van der Waals surface area contributed by atoms with E-state index in [1.54, 1.807) is 6.20 Å². The molecule has 3 heterocycles. The van der Waals surface area contributed by atoms with Gasteiger partial charge in [-0.1, -0.05) is 18.2 Å². The molecule has 0 N–H and O–H groups in total. The zero-order valence-electron chi connectivity index (χ0n) is 13.2. The van der Waals surface area contributed by atoms with Gasteiger partial charge in [0.25, 0.3) is 5.91 Å². The van der Waals surface area contributed by atoms with E-state index in [0.717, 1.165) is 28.7 Å². The van der Waals surface area contributed by atoms with Gasteiger partial charge in [-0.05, 0) is 35.9 Å². The number of hydrogen-bond acceptors (Lipinski definition) is 4. The zero-order chi connectivity index (χ0) is 16.4. The molecule has 0 radical (unpaired) electrons. The van der Waals surface area contributed by atoms with E-state index in [1.807, 2.05) is 47.4 Å². The van der Waals surface area contributed by atoms with E-state index in [-0.39, 0.29) is 12.5 Å². The molecule has 3 aromatic rings. The highest BCUT2D eigenvalue weighted by atomic mass is 16.5. The molecule has 1 aromatic carbocycles. The number of benzene rings is 1. The van der Waals surface area contributed by atoms with Gasteiger partial charge in [0.05, 0.1) is 0 Å². The van der Waals surface area contributed by atoms with Crippen LogP contribution in [0, 0.1) is 0 Å². The summed E-state index contributed by atoms with van der Waals surface area (Å²) in [5.74, 6) is 0.706. The van der Waals surface area contributed by atoms with Gasteiger partial charge in [-0.3, -0.25) is 4.79 Å². The number of hydrogen-bond donors (Lipinski definition) is 0. The van der Waals surface area contributed by atoms with Gasteiger partial charge in [0.15, 0.2) is 12.3 Å². The highest BCUT2D eigenvalue weighted by Crippen LogP contribution is 2.21. The third-order valence-corrected chi connectivity index (χ3v) is 4.20. The van der Waals surface area contributed by atoms with Crippen molar-refractivity contribution in [1.29, 1.82) is 0 Å². The van der Waals surface area contributed by atoms with E-state index in [2.05, 4.69) is 16.0 Å². The predicted molar refractivity (Wildman–Crippen MR) is 90.6 cm³/mol. The Morgan fingerprint density at radius 1 is 1.17 bits per heavy atom. The number of para-hydroxylation sites is 1. The molecule has 0 atom stereocenters. The SMILES string of the molecule is O=C(COc1ccccc1)N1CCc2nc3ncccc3cc2C1. The van der Waals surface area contributed by atoms with Gasteiger partial charge in [0, 0.05) is 36.8 Å². The van der Waals surface area contributed by atoms with Crippen LogP contribution in [-0.2, 0) is 17.8 Å². The summed E-state index contributed by atoms with van der Waals surface area (Å²) in [6.07, 6.45) is 2.50. The Bertz CT molecular complexity index is 880. The molecule has 1 aliphatic rings. The maximum absolute atomic E-state index is 12.4. The van der Waals surface area contributed by atoms with Crippen LogP contribution in [0.1, 0.15) is 11.3 Å². The van der Waals surface area contributed by atoms with E-state index >= 15 is 0 Å². The van der Waals surface area contributed by atoms with Crippen molar-refractivity contribution in [2.45, 2.75) is 13.0 Å². The lowest BCUT2D eigenvalue weighted by atomic mass is 10.0. The van der Waals surface area contributed by atoms with Crippen LogP contribution < -0.4 is 4.74 Å². The summed E-state index contributed by atoms with van der Waals surface area (Å²) < 4.78 is 5.56. The third-order valence-electron chi connectivity index (χ3n) is 4.20. The number of aromatic nitrogens is 2. The van der Waals surface area contributed by atoms with Crippen LogP contribution in [0.25, 0.3) is 11.0 Å². The first-order valence-corrected chi connectivity index (χ1v) is 7.99. The number of fused-ring (bicyclic) bond motifs is 2.